The van der Waals surface area contributed by atoms with Gasteiger partial charge in [0.05, 0.1) is 12.6 Å². The average molecular weight is 252 g/mol. The molecule has 1 aliphatic rings. The number of nitrogens with one attached hydrogen (secondary N) is 2. The first-order valence-electron chi connectivity index (χ1n) is 5.69. The van der Waals surface area contributed by atoms with E-state index in [1.807, 2.05) is 0 Å². The first-order valence-corrected chi connectivity index (χ1v) is 5.69. The average Bonchev–Trinajstić information content (AvgIpc) is 2.85. The molecule has 0 saturated heterocycles. The minimum atomic E-state index is -0.691. The normalized spacial score (nSPS) is 14.3. The Labute approximate surface area is 105 Å². The molecule has 0 bridgehead atoms. The summed E-state index contributed by atoms with van der Waals surface area (Å²) in [6.07, 6.45) is -0.691. The van der Waals surface area contributed by atoms with Gasteiger partial charge in [-0.05, 0) is 17.7 Å². The van der Waals surface area contributed by atoms with Crippen molar-refractivity contribution in [2.45, 2.75) is 6.10 Å². The van der Waals surface area contributed by atoms with Crippen molar-refractivity contribution in [3.05, 3.63) is 23.8 Å². The van der Waals surface area contributed by atoms with Crippen molar-refractivity contribution in [3.8, 4) is 11.5 Å². The number of likely N-dealkylation sites (N-methyl/N-ethyl adjacent to an activating group) is 1. The maximum Gasteiger partial charge on any atom is 0.233 e. The quantitative estimate of drug-likeness (QED) is 0.675. The van der Waals surface area contributed by atoms with Crippen LogP contribution in [0.3, 0.4) is 0 Å². The van der Waals surface area contributed by atoms with E-state index in [1.54, 1.807) is 25.2 Å². The van der Waals surface area contributed by atoms with Crippen LogP contribution in [0.4, 0.5) is 0 Å². The van der Waals surface area contributed by atoms with Crippen molar-refractivity contribution in [1.29, 1.82) is 0 Å². The highest BCUT2D eigenvalue weighted by Gasteiger charge is 2.16. The van der Waals surface area contributed by atoms with Crippen LogP contribution < -0.4 is 20.1 Å². The lowest BCUT2D eigenvalue weighted by Gasteiger charge is -2.12. The summed E-state index contributed by atoms with van der Waals surface area (Å²) < 4.78 is 10.4. The molecule has 98 valence electrons. The highest BCUT2D eigenvalue weighted by Crippen LogP contribution is 2.33. The van der Waals surface area contributed by atoms with Gasteiger partial charge in [0.1, 0.15) is 0 Å². The Balaban J connectivity index is 1.89. The molecule has 6 nitrogen and oxygen atoms in total. The lowest BCUT2D eigenvalue weighted by molar-refractivity contribution is -0.119. The van der Waals surface area contributed by atoms with Gasteiger partial charge in [-0.2, -0.15) is 0 Å². The summed E-state index contributed by atoms with van der Waals surface area (Å²) in [5.41, 5.74) is 0.726. The summed E-state index contributed by atoms with van der Waals surface area (Å²) in [7, 11) is 1.57. The van der Waals surface area contributed by atoms with E-state index < -0.39 is 6.10 Å². The molecule has 2 rings (SSSR count). The molecule has 0 radical (unpaired) electrons. The number of hydrogen-bond donors (Lipinski definition) is 3. The van der Waals surface area contributed by atoms with Crippen LogP contribution in [-0.2, 0) is 4.79 Å². The third kappa shape index (κ3) is 2.91. The standard InChI is InChI=1S/C12H16N2O4/c1-13-12(16)6-14-5-9(15)8-2-3-10-11(4-8)18-7-17-10/h2-4,9,14-15H,5-7H2,1H3,(H,13,16). The summed E-state index contributed by atoms with van der Waals surface area (Å²) in [4.78, 5) is 11.0. The highest BCUT2D eigenvalue weighted by molar-refractivity contribution is 5.77. The largest absolute Gasteiger partial charge is 0.454 e. The van der Waals surface area contributed by atoms with Gasteiger partial charge in [0, 0.05) is 13.6 Å². The molecule has 0 aliphatic carbocycles. The van der Waals surface area contributed by atoms with E-state index in [2.05, 4.69) is 10.6 Å². The number of amides is 1. The van der Waals surface area contributed by atoms with E-state index in [0.717, 1.165) is 5.56 Å². The van der Waals surface area contributed by atoms with Crippen LogP contribution in [-0.4, -0.2) is 37.9 Å². The molecule has 1 aromatic carbocycles. The molecule has 3 N–H and O–H groups in total. The molecule has 1 aromatic rings. The number of rotatable bonds is 5. The number of carbonyl (C=O) groups excluding carboxylic acids is 1. The molecule has 1 unspecified atom stereocenters. The van der Waals surface area contributed by atoms with Crippen LogP contribution in [0.1, 0.15) is 11.7 Å². The van der Waals surface area contributed by atoms with Crippen LogP contribution in [0.2, 0.25) is 0 Å². The number of fused-ring (bicyclic) bond motifs is 1. The first-order chi connectivity index (χ1) is 8.70. The van der Waals surface area contributed by atoms with Crippen LogP contribution in [0.15, 0.2) is 18.2 Å². The van der Waals surface area contributed by atoms with E-state index >= 15 is 0 Å². The van der Waals surface area contributed by atoms with Crippen LogP contribution in [0, 0.1) is 0 Å². The zero-order valence-electron chi connectivity index (χ0n) is 10.1. The van der Waals surface area contributed by atoms with E-state index in [9.17, 15) is 9.90 Å². The molecule has 0 saturated carbocycles. The van der Waals surface area contributed by atoms with Gasteiger partial charge in [-0.25, -0.2) is 0 Å². The van der Waals surface area contributed by atoms with Gasteiger partial charge in [0.15, 0.2) is 11.5 Å². The zero-order chi connectivity index (χ0) is 13.0. The highest BCUT2D eigenvalue weighted by atomic mass is 16.7. The second-order valence-corrected chi connectivity index (χ2v) is 3.93. The Hall–Kier alpha value is -1.79. The summed E-state index contributed by atoms with van der Waals surface area (Å²) in [5, 5.41) is 15.3. The fourth-order valence-electron chi connectivity index (χ4n) is 1.65. The number of aliphatic hydroxyl groups is 1. The fraction of sp³-hybridized carbons (Fsp3) is 0.417. The van der Waals surface area contributed by atoms with Crippen molar-refractivity contribution < 1.29 is 19.4 Å². The molecular formula is C12H16N2O4. The second kappa shape index (κ2) is 5.70. The molecule has 6 heteroatoms. The molecule has 0 fully saturated rings. The fourth-order valence-corrected chi connectivity index (χ4v) is 1.65. The maximum absolute atomic E-state index is 11.0. The molecule has 1 atom stereocenters. The van der Waals surface area contributed by atoms with E-state index in [0.29, 0.717) is 18.0 Å². The Morgan fingerprint density at radius 1 is 1.44 bits per heavy atom. The lowest BCUT2D eigenvalue weighted by Crippen LogP contribution is -2.33. The number of hydrogen-bond acceptors (Lipinski definition) is 5. The van der Waals surface area contributed by atoms with E-state index in [4.69, 9.17) is 9.47 Å². The van der Waals surface area contributed by atoms with Crippen molar-refractivity contribution in [1.82, 2.24) is 10.6 Å². The van der Waals surface area contributed by atoms with E-state index in [1.165, 1.54) is 0 Å². The summed E-state index contributed by atoms with van der Waals surface area (Å²) in [6.45, 7) is 0.689. The van der Waals surface area contributed by atoms with Crippen molar-refractivity contribution in [2.24, 2.45) is 0 Å². The van der Waals surface area contributed by atoms with Gasteiger partial charge in [-0.3, -0.25) is 4.79 Å². The van der Waals surface area contributed by atoms with Gasteiger partial charge >= 0.3 is 0 Å². The minimum Gasteiger partial charge on any atom is -0.454 e. The third-order valence-electron chi connectivity index (χ3n) is 2.68. The van der Waals surface area contributed by atoms with Crippen molar-refractivity contribution in [3.63, 3.8) is 0 Å². The zero-order valence-corrected chi connectivity index (χ0v) is 10.1. The molecule has 1 amide bonds. The van der Waals surface area contributed by atoms with Gasteiger partial charge in [0.25, 0.3) is 0 Å². The van der Waals surface area contributed by atoms with Crippen molar-refractivity contribution >= 4 is 5.91 Å². The SMILES string of the molecule is CNC(=O)CNCC(O)c1ccc2c(c1)OCO2. The van der Waals surface area contributed by atoms with Crippen molar-refractivity contribution in [2.75, 3.05) is 26.9 Å². The smallest absolute Gasteiger partial charge is 0.233 e. The first kappa shape index (κ1) is 12.7. The molecule has 1 heterocycles. The van der Waals surface area contributed by atoms with Gasteiger partial charge in [0.2, 0.25) is 12.7 Å². The Morgan fingerprint density at radius 3 is 3.00 bits per heavy atom. The lowest BCUT2D eigenvalue weighted by atomic mass is 10.1. The Morgan fingerprint density at radius 2 is 2.22 bits per heavy atom. The number of benzene rings is 1. The molecule has 18 heavy (non-hydrogen) atoms. The molecule has 0 spiro atoms. The van der Waals surface area contributed by atoms with Crippen LogP contribution >= 0.6 is 0 Å². The monoisotopic (exact) mass is 252 g/mol. The maximum atomic E-state index is 11.0. The number of ether oxygens (including phenoxy) is 2. The van der Waals surface area contributed by atoms with Gasteiger partial charge in [-0.1, -0.05) is 6.07 Å². The predicted molar refractivity (Wildman–Crippen MR) is 64.5 cm³/mol. The topological polar surface area (TPSA) is 79.8 Å². The molecule has 1 aliphatic heterocycles. The summed E-state index contributed by atoms with van der Waals surface area (Å²) in [6, 6.07) is 5.29. The van der Waals surface area contributed by atoms with Gasteiger partial charge in [-0.15, -0.1) is 0 Å². The third-order valence-corrected chi connectivity index (χ3v) is 2.68. The minimum absolute atomic E-state index is 0.118. The Bertz CT molecular complexity index is 436. The van der Waals surface area contributed by atoms with Crippen LogP contribution in [0.25, 0.3) is 0 Å². The van der Waals surface area contributed by atoms with E-state index in [-0.39, 0.29) is 19.2 Å². The number of aliphatic hydroxyl groups excluding tert-OH is 1. The molecular weight excluding hydrogens is 236 g/mol. The second-order valence-electron chi connectivity index (χ2n) is 3.93. The van der Waals surface area contributed by atoms with Crippen LogP contribution in [0.5, 0.6) is 11.5 Å². The summed E-state index contributed by atoms with van der Waals surface area (Å²) in [5.74, 6) is 1.20. The number of carbonyl (C=O) groups is 1. The predicted octanol–water partition coefficient (Wildman–Crippen LogP) is -0.216. The summed E-state index contributed by atoms with van der Waals surface area (Å²) >= 11 is 0. The Kier molecular flexibility index (Phi) is 4.01. The molecule has 0 aromatic heterocycles. The van der Waals surface area contributed by atoms with Gasteiger partial charge < -0.3 is 25.2 Å².